The number of rotatable bonds is 13. The molecule has 15 heteroatoms. The van der Waals surface area contributed by atoms with Crippen LogP contribution in [0.4, 0.5) is 34.0 Å². The van der Waals surface area contributed by atoms with Crippen LogP contribution in [-0.2, 0) is 29.0 Å². The van der Waals surface area contributed by atoms with Gasteiger partial charge in [-0.05, 0) is 68.7 Å². The van der Waals surface area contributed by atoms with E-state index in [4.69, 9.17) is 38.9 Å². The lowest BCUT2D eigenvalue weighted by molar-refractivity contribution is 0.0572. The zero-order valence-electron chi connectivity index (χ0n) is 33.1. The molecular weight excluding hydrogens is 727 g/mol. The number of morpholine rings is 1. The molecule has 1 fully saturated rings. The zero-order valence-corrected chi connectivity index (χ0v) is 33.1. The number of fused-ring (bicyclic) bond motifs is 1. The van der Waals surface area contributed by atoms with Gasteiger partial charge in [-0.25, -0.2) is 24.7 Å². The van der Waals surface area contributed by atoms with Crippen LogP contribution in [0.5, 0.6) is 11.5 Å². The maximum absolute atomic E-state index is 13.2. The summed E-state index contributed by atoms with van der Waals surface area (Å²) in [5.41, 5.74) is 4.76. The highest BCUT2D eigenvalue weighted by molar-refractivity contribution is 5.88. The molecule has 1 N–H and O–H groups in total. The Morgan fingerprint density at radius 2 is 1.49 bits per heavy atom. The number of hydrogen-bond donors (Lipinski definition) is 1. The number of carbonyl (C=O) groups excluding carboxylic acids is 1. The predicted octanol–water partition coefficient (Wildman–Crippen LogP) is 5.82. The number of benzene rings is 2. The van der Waals surface area contributed by atoms with E-state index in [0.29, 0.717) is 70.1 Å². The average molecular weight is 776 g/mol. The molecule has 2 aliphatic rings. The van der Waals surface area contributed by atoms with Crippen LogP contribution >= 0.6 is 0 Å². The lowest BCUT2D eigenvalue weighted by Crippen LogP contribution is -2.39. The summed E-state index contributed by atoms with van der Waals surface area (Å²) in [5.74, 6) is 3.88. The topological polar surface area (TPSA) is 152 Å². The number of carbonyl (C=O) groups is 1. The molecule has 2 aromatic carbocycles. The van der Waals surface area contributed by atoms with Crippen LogP contribution in [0.1, 0.15) is 37.5 Å². The third-order valence-electron chi connectivity index (χ3n) is 9.62. The Morgan fingerprint density at radius 3 is 2.07 bits per heavy atom. The maximum Gasteiger partial charge on any atom is 0.416 e. The van der Waals surface area contributed by atoms with Gasteiger partial charge in [0.2, 0.25) is 11.9 Å². The normalized spacial score (nSPS) is 13.9. The summed E-state index contributed by atoms with van der Waals surface area (Å²) in [5, 5.41) is 9.83. The van der Waals surface area contributed by atoms with Gasteiger partial charge in [-0.2, -0.15) is 4.98 Å². The van der Waals surface area contributed by atoms with E-state index in [1.165, 1.54) is 4.90 Å². The number of aromatic nitrogens is 5. The van der Waals surface area contributed by atoms with Crippen molar-refractivity contribution < 1.29 is 28.8 Å². The first-order valence-corrected chi connectivity index (χ1v) is 19.0. The first-order chi connectivity index (χ1) is 27.6. The van der Waals surface area contributed by atoms with Gasteiger partial charge in [-0.3, -0.25) is 4.90 Å². The molecule has 0 spiro atoms. The van der Waals surface area contributed by atoms with Crippen molar-refractivity contribution in [1.29, 1.82) is 0 Å². The lowest BCUT2D eigenvalue weighted by atomic mass is 10.1. The van der Waals surface area contributed by atoms with Crippen molar-refractivity contribution in [2.45, 2.75) is 45.9 Å². The van der Waals surface area contributed by atoms with Crippen LogP contribution in [0.15, 0.2) is 79.3 Å². The van der Waals surface area contributed by atoms with Crippen molar-refractivity contribution in [2.75, 3.05) is 79.8 Å². The van der Waals surface area contributed by atoms with E-state index in [9.17, 15) is 9.90 Å². The van der Waals surface area contributed by atoms with E-state index < -0.39 is 11.7 Å². The summed E-state index contributed by atoms with van der Waals surface area (Å²) in [6, 6.07) is 19.7. The van der Waals surface area contributed by atoms with Crippen LogP contribution in [0.2, 0.25) is 0 Å². The Labute approximate surface area is 332 Å². The molecule has 57 heavy (non-hydrogen) atoms. The number of aliphatic hydroxyl groups excluding tert-OH is 1. The number of nitrogens with zero attached hydrogens (tertiary/aromatic N) is 9. The van der Waals surface area contributed by atoms with E-state index in [1.807, 2.05) is 73.1 Å². The fraction of sp³-hybridized carbons (Fsp3) is 0.381. The van der Waals surface area contributed by atoms with Crippen LogP contribution < -0.4 is 29.1 Å². The van der Waals surface area contributed by atoms with Gasteiger partial charge < -0.3 is 38.8 Å². The molecule has 0 unspecified atom stereocenters. The monoisotopic (exact) mass is 775 g/mol. The Morgan fingerprint density at radius 1 is 0.860 bits per heavy atom. The summed E-state index contributed by atoms with van der Waals surface area (Å²) in [7, 11) is 3.32. The van der Waals surface area contributed by atoms with E-state index in [1.54, 1.807) is 41.2 Å². The number of pyridine rings is 1. The smallest absolute Gasteiger partial charge is 0.416 e. The minimum Gasteiger partial charge on any atom is -0.497 e. The van der Waals surface area contributed by atoms with Crippen molar-refractivity contribution in [1.82, 2.24) is 24.9 Å². The van der Waals surface area contributed by atoms with Crippen molar-refractivity contribution >= 4 is 35.3 Å². The number of methoxy groups -OCH3 is 2. The van der Waals surface area contributed by atoms with Gasteiger partial charge in [0.15, 0.2) is 0 Å². The van der Waals surface area contributed by atoms with Gasteiger partial charge >= 0.3 is 6.09 Å². The lowest BCUT2D eigenvalue weighted by Gasteiger charge is -2.29. The molecule has 7 rings (SSSR count). The fourth-order valence-corrected chi connectivity index (χ4v) is 6.78. The summed E-state index contributed by atoms with van der Waals surface area (Å²) in [6.07, 6.45) is 5.41. The molecule has 3 aromatic heterocycles. The van der Waals surface area contributed by atoms with E-state index >= 15 is 0 Å². The molecule has 0 saturated carbocycles. The Kier molecular flexibility index (Phi) is 12.0. The predicted molar refractivity (Wildman–Crippen MR) is 218 cm³/mol. The third kappa shape index (κ3) is 9.33. The second-order valence-corrected chi connectivity index (χ2v) is 14.7. The summed E-state index contributed by atoms with van der Waals surface area (Å²) in [4.78, 5) is 45.5. The summed E-state index contributed by atoms with van der Waals surface area (Å²) in [6.45, 7) is 9.43. The highest BCUT2D eigenvalue weighted by Gasteiger charge is 2.31. The van der Waals surface area contributed by atoms with Gasteiger partial charge in [-0.15, -0.1) is 0 Å². The molecule has 0 atom stereocenters. The van der Waals surface area contributed by atoms with Gasteiger partial charge in [0.1, 0.15) is 28.7 Å². The van der Waals surface area contributed by atoms with Crippen molar-refractivity contribution in [3.8, 4) is 22.8 Å². The first kappa shape index (κ1) is 39.2. The molecule has 1 amide bonds. The van der Waals surface area contributed by atoms with Crippen LogP contribution in [0.3, 0.4) is 0 Å². The largest absolute Gasteiger partial charge is 0.497 e. The highest BCUT2D eigenvalue weighted by atomic mass is 16.6. The van der Waals surface area contributed by atoms with E-state index in [0.717, 1.165) is 51.0 Å². The van der Waals surface area contributed by atoms with Crippen LogP contribution in [0.25, 0.3) is 11.3 Å². The molecular formula is C42H49N9O6. The maximum atomic E-state index is 13.2. The van der Waals surface area contributed by atoms with Crippen molar-refractivity contribution in [3.05, 3.63) is 95.9 Å². The van der Waals surface area contributed by atoms with E-state index in [2.05, 4.69) is 19.7 Å². The molecule has 15 nitrogen and oxygen atoms in total. The highest BCUT2D eigenvalue weighted by Crippen LogP contribution is 2.40. The Balaban J connectivity index is 1.23. The number of aliphatic hydroxyl groups is 1. The summed E-state index contributed by atoms with van der Waals surface area (Å²) >= 11 is 0. The number of amides is 1. The average Bonchev–Trinajstić information content (AvgIpc) is 3.67. The molecule has 0 aliphatic carbocycles. The zero-order chi connectivity index (χ0) is 39.9. The number of hydrogen-bond acceptors (Lipinski definition) is 14. The Bertz CT molecular complexity index is 2070. The van der Waals surface area contributed by atoms with E-state index in [-0.39, 0.29) is 13.2 Å². The second-order valence-electron chi connectivity index (χ2n) is 14.7. The van der Waals surface area contributed by atoms with Gasteiger partial charge in [0.05, 0.1) is 46.3 Å². The second kappa shape index (κ2) is 17.4. The van der Waals surface area contributed by atoms with Crippen molar-refractivity contribution in [2.24, 2.45) is 0 Å². The molecule has 5 heterocycles. The van der Waals surface area contributed by atoms with Gasteiger partial charge in [0.25, 0.3) is 0 Å². The fourth-order valence-electron chi connectivity index (χ4n) is 6.78. The third-order valence-corrected chi connectivity index (χ3v) is 9.62. The van der Waals surface area contributed by atoms with Crippen LogP contribution in [0, 0.1) is 0 Å². The molecule has 0 bridgehead atoms. The van der Waals surface area contributed by atoms with Gasteiger partial charge in [0, 0.05) is 74.2 Å². The van der Waals surface area contributed by atoms with Crippen LogP contribution in [-0.4, -0.2) is 102 Å². The molecule has 298 valence electrons. The molecule has 0 radical (unpaired) electrons. The standard InChI is InChI=1S/C42H49N9O6/c1-42(2,3)57-41(53)51(18-21-52)36-24-32(14-16-43-36)50-17-15-35-37(46-40(47-38(35)50)48-19-22-56-23-20-48)31-25-44-39(45-26-31)49(27-29-6-10-33(54-4)11-7-29)28-30-8-12-34(55-5)13-9-30/h6-14,16,24-26,52H,15,17-23,27-28H2,1-5H3. The quantitative estimate of drug-likeness (QED) is 0.153. The minimum atomic E-state index is -0.715. The number of anilines is 5. The first-order valence-electron chi connectivity index (χ1n) is 19.0. The molecule has 2 aliphatic heterocycles. The summed E-state index contributed by atoms with van der Waals surface area (Å²) < 4.78 is 22.1. The molecule has 5 aromatic rings. The Hall–Kier alpha value is -6.06. The molecule has 1 saturated heterocycles. The number of ether oxygens (including phenoxy) is 4. The minimum absolute atomic E-state index is 0.0308. The van der Waals surface area contributed by atoms with Crippen molar-refractivity contribution in [3.63, 3.8) is 0 Å². The SMILES string of the molecule is COc1ccc(CN(Cc2ccc(OC)cc2)c2ncc(-c3nc(N4CCOCC4)nc4c3CCN4c3ccnc(N(CCO)C(=O)OC(C)(C)C)c3)cn2)cc1. The van der Waals surface area contributed by atoms with Gasteiger partial charge in [-0.1, -0.05) is 24.3 Å².